The Balaban J connectivity index is 2.19. The van der Waals surface area contributed by atoms with E-state index in [0.717, 1.165) is 0 Å². The van der Waals surface area contributed by atoms with E-state index in [2.05, 4.69) is 4.72 Å². The number of hydrogen-bond acceptors (Lipinski definition) is 5. The van der Waals surface area contributed by atoms with Crippen LogP contribution in [0, 0.1) is 0 Å². The second-order valence-corrected chi connectivity index (χ2v) is 6.04. The molecule has 6 nitrogen and oxygen atoms in total. The highest BCUT2D eigenvalue weighted by Gasteiger charge is 2.42. The Hall–Kier alpha value is -0.990. The van der Waals surface area contributed by atoms with E-state index >= 15 is 0 Å². The standard InChI is InChI=1S/C11H15NO5S/c13-8-6-9(14)11(15)10(8)12-18(16,17)7-4-2-1-3-5-7/h1-5,8-15H,6H2/t8-,9+,10-,11+/m0/s1. The monoisotopic (exact) mass is 273 g/mol. The quantitative estimate of drug-likeness (QED) is 0.554. The lowest BCUT2D eigenvalue weighted by molar-refractivity contribution is 0.0325. The molecule has 4 atom stereocenters. The van der Waals surface area contributed by atoms with Crippen LogP contribution in [0.25, 0.3) is 0 Å². The Bertz CT molecular complexity index is 503. The summed E-state index contributed by atoms with van der Waals surface area (Å²) in [6.07, 6.45) is -3.58. The SMILES string of the molecule is O=S(=O)(N[C@@H]1[C@H](O)[C@H](O)C[C@@H]1O)c1ccccc1. The van der Waals surface area contributed by atoms with Crippen LogP contribution in [0.5, 0.6) is 0 Å². The van der Waals surface area contributed by atoms with Crippen LogP contribution in [0.2, 0.25) is 0 Å². The molecule has 0 bridgehead atoms. The van der Waals surface area contributed by atoms with Crippen molar-refractivity contribution in [3.05, 3.63) is 30.3 Å². The van der Waals surface area contributed by atoms with Gasteiger partial charge in [0.15, 0.2) is 0 Å². The topological polar surface area (TPSA) is 107 Å². The van der Waals surface area contributed by atoms with Crippen molar-refractivity contribution in [2.24, 2.45) is 0 Å². The van der Waals surface area contributed by atoms with Gasteiger partial charge < -0.3 is 15.3 Å². The zero-order valence-corrected chi connectivity index (χ0v) is 10.3. The smallest absolute Gasteiger partial charge is 0.240 e. The summed E-state index contributed by atoms with van der Waals surface area (Å²) in [6, 6.07) is 6.56. The van der Waals surface area contributed by atoms with Crippen molar-refractivity contribution in [3.8, 4) is 0 Å². The molecule has 1 aliphatic rings. The van der Waals surface area contributed by atoms with Gasteiger partial charge in [-0.1, -0.05) is 18.2 Å². The zero-order chi connectivity index (χ0) is 13.3. The Morgan fingerprint density at radius 3 is 2.17 bits per heavy atom. The number of aliphatic hydroxyl groups excluding tert-OH is 3. The first-order chi connectivity index (χ1) is 8.42. The van der Waals surface area contributed by atoms with Crippen LogP contribution in [-0.2, 0) is 10.0 Å². The Morgan fingerprint density at radius 2 is 1.67 bits per heavy atom. The van der Waals surface area contributed by atoms with Gasteiger partial charge in [-0.2, -0.15) is 0 Å². The normalized spacial score (nSPS) is 32.6. The molecule has 1 aliphatic carbocycles. The molecule has 1 aromatic carbocycles. The van der Waals surface area contributed by atoms with Crippen LogP contribution in [0.1, 0.15) is 6.42 Å². The first kappa shape index (κ1) is 13.4. The van der Waals surface area contributed by atoms with E-state index < -0.39 is 34.4 Å². The van der Waals surface area contributed by atoms with Gasteiger partial charge in [-0.25, -0.2) is 13.1 Å². The van der Waals surface area contributed by atoms with Crippen molar-refractivity contribution in [2.75, 3.05) is 0 Å². The van der Waals surface area contributed by atoms with Crippen molar-refractivity contribution >= 4 is 10.0 Å². The molecule has 0 heterocycles. The summed E-state index contributed by atoms with van der Waals surface area (Å²) in [7, 11) is -3.81. The molecule has 0 aliphatic heterocycles. The van der Waals surface area contributed by atoms with Gasteiger partial charge >= 0.3 is 0 Å². The summed E-state index contributed by atoms with van der Waals surface area (Å²) in [5.41, 5.74) is 0. The Kier molecular flexibility index (Phi) is 3.69. The van der Waals surface area contributed by atoms with Crippen LogP contribution in [-0.4, -0.2) is 48.1 Å². The molecule has 0 spiro atoms. The lowest BCUT2D eigenvalue weighted by Crippen LogP contribution is -2.47. The predicted molar refractivity (Wildman–Crippen MR) is 63.2 cm³/mol. The molecule has 0 saturated heterocycles. The summed E-state index contributed by atoms with van der Waals surface area (Å²) >= 11 is 0. The average Bonchev–Trinajstić information content (AvgIpc) is 2.57. The highest BCUT2D eigenvalue weighted by Crippen LogP contribution is 2.22. The number of sulfonamides is 1. The number of rotatable bonds is 3. The fourth-order valence-corrected chi connectivity index (χ4v) is 3.30. The summed E-state index contributed by atoms with van der Waals surface area (Å²) in [5.74, 6) is 0. The van der Waals surface area contributed by atoms with E-state index in [0.29, 0.717) is 0 Å². The van der Waals surface area contributed by atoms with Crippen LogP contribution in [0.15, 0.2) is 35.2 Å². The number of aliphatic hydroxyl groups is 3. The maximum absolute atomic E-state index is 12.0. The van der Waals surface area contributed by atoms with E-state index in [1.54, 1.807) is 18.2 Å². The lowest BCUT2D eigenvalue weighted by Gasteiger charge is -2.20. The minimum absolute atomic E-state index is 0.0470. The average molecular weight is 273 g/mol. The van der Waals surface area contributed by atoms with Crippen molar-refractivity contribution in [3.63, 3.8) is 0 Å². The molecule has 0 amide bonds. The fourth-order valence-electron chi connectivity index (χ4n) is 2.00. The van der Waals surface area contributed by atoms with Crippen molar-refractivity contribution < 1.29 is 23.7 Å². The van der Waals surface area contributed by atoms with Crippen molar-refractivity contribution in [1.29, 1.82) is 0 Å². The molecule has 1 aromatic rings. The predicted octanol–water partition coefficient (Wildman–Crippen LogP) is -1.18. The molecule has 2 rings (SSSR count). The number of benzene rings is 1. The second-order valence-electron chi connectivity index (χ2n) is 4.32. The third-order valence-electron chi connectivity index (χ3n) is 3.00. The van der Waals surface area contributed by atoms with Gasteiger partial charge in [-0.05, 0) is 12.1 Å². The minimum atomic E-state index is -3.81. The first-order valence-electron chi connectivity index (χ1n) is 5.53. The summed E-state index contributed by atoms with van der Waals surface area (Å²) in [6.45, 7) is 0. The summed E-state index contributed by atoms with van der Waals surface area (Å²) in [4.78, 5) is 0.0470. The summed E-state index contributed by atoms with van der Waals surface area (Å²) in [5, 5.41) is 28.6. The molecule has 0 aromatic heterocycles. The molecular weight excluding hydrogens is 258 g/mol. The maximum Gasteiger partial charge on any atom is 0.240 e. The van der Waals surface area contributed by atoms with Crippen LogP contribution in [0.4, 0.5) is 0 Å². The first-order valence-corrected chi connectivity index (χ1v) is 7.02. The second kappa shape index (κ2) is 4.94. The fraction of sp³-hybridized carbons (Fsp3) is 0.455. The highest BCUT2D eigenvalue weighted by atomic mass is 32.2. The molecule has 7 heteroatoms. The van der Waals surface area contributed by atoms with E-state index in [-0.39, 0.29) is 11.3 Å². The molecule has 0 radical (unpaired) electrons. The third-order valence-corrected chi connectivity index (χ3v) is 4.48. The van der Waals surface area contributed by atoms with Gasteiger partial charge in [0.05, 0.1) is 29.2 Å². The molecule has 1 saturated carbocycles. The minimum Gasteiger partial charge on any atom is -0.391 e. The molecule has 18 heavy (non-hydrogen) atoms. The van der Waals surface area contributed by atoms with Gasteiger partial charge in [-0.3, -0.25) is 0 Å². The molecule has 0 unspecified atom stereocenters. The number of hydrogen-bond donors (Lipinski definition) is 4. The van der Waals surface area contributed by atoms with Gasteiger partial charge in [0, 0.05) is 6.42 Å². The van der Waals surface area contributed by atoms with E-state index in [1.807, 2.05) is 0 Å². The molecular formula is C11H15NO5S. The van der Waals surface area contributed by atoms with Gasteiger partial charge in [-0.15, -0.1) is 0 Å². The van der Waals surface area contributed by atoms with E-state index in [1.165, 1.54) is 12.1 Å². The van der Waals surface area contributed by atoms with Crippen LogP contribution < -0.4 is 4.72 Å². The van der Waals surface area contributed by atoms with Crippen LogP contribution >= 0.6 is 0 Å². The molecule has 100 valence electrons. The largest absolute Gasteiger partial charge is 0.391 e. The Morgan fingerprint density at radius 1 is 1.06 bits per heavy atom. The zero-order valence-electron chi connectivity index (χ0n) is 9.47. The van der Waals surface area contributed by atoms with Crippen molar-refractivity contribution in [2.45, 2.75) is 35.7 Å². The Labute approximate surface area is 105 Å². The van der Waals surface area contributed by atoms with Gasteiger partial charge in [0.1, 0.15) is 0 Å². The van der Waals surface area contributed by atoms with Gasteiger partial charge in [0.2, 0.25) is 10.0 Å². The van der Waals surface area contributed by atoms with E-state index in [4.69, 9.17) is 0 Å². The van der Waals surface area contributed by atoms with Crippen molar-refractivity contribution in [1.82, 2.24) is 4.72 Å². The van der Waals surface area contributed by atoms with E-state index in [9.17, 15) is 23.7 Å². The van der Waals surface area contributed by atoms with Gasteiger partial charge in [0.25, 0.3) is 0 Å². The number of nitrogens with one attached hydrogen (secondary N) is 1. The highest BCUT2D eigenvalue weighted by molar-refractivity contribution is 7.89. The maximum atomic E-state index is 12.0. The molecule has 1 fully saturated rings. The third kappa shape index (κ3) is 2.55. The summed E-state index contributed by atoms with van der Waals surface area (Å²) < 4.78 is 26.2. The van der Waals surface area contributed by atoms with Crippen LogP contribution in [0.3, 0.4) is 0 Å². The lowest BCUT2D eigenvalue weighted by atomic mass is 10.2. The molecule has 4 N–H and O–H groups in total.